The number of hydrogen-bond donors (Lipinski definition) is 0. The standard InChI is InChI=1S/C24H21NO3/c26-23(25-15-14-18-6-4-5-9-21(18)16-25)17-28-22-12-10-20(11-13-22)24(27)19-7-2-1-3-8-19/h1-13H,14-17H2. The van der Waals surface area contributed by atoms with Gasteiger partial charge in [0.1, 0.15) is 5.75 Å². The monoisotopic (exact) mass is 371 g/mol. The molecule has 0 saturated heterocycles. The van der Waals surface area contributed by atoms with E-state index in [4.69, 9.17) is 4.74 Å². The topological polar surface area (TPSA) is 46.6 Å². The first-order chi connectivity index (χ1) is 13.7. The summed E-state index contributed by atoms with van der Waals surface area (Å²) < 4.78 is 5.65. The SMILES string of the molecule is O=C(c1ccccc1)c1ccc(OCC(=O)N2CCc3ccccc3C2)cc1. The van der Waals surface area contributed by atoms with Crippen LogP contribution in [-0.4, -0.2) is 29.7 Å². The normalized spacial score (nSPS) is 12.9. The van der Waals surface area contributed by atoms with Gasteiger partial charge < -0.3 is 9.64 Å². The van der Waals surface area contributed by atoms with Crippen LogP contribution in [-0.2, 0) is 17.8 Å². The zero-order chi connectivity index (χ0) is 19.3. The summed E-state index contributed by atoms with van der Waals surface area (Å²) in [5, 5.41) is 0. The molecule has 0 bridgehead atoms. The van der Waals surface area contributed by atoms with Gasteiger partial charge in [-0.3, -0.25) is 9.59 Å². The maximum Gasteiger partial charge on any atom is 0.260 e. The Morgan fingerprint density at radius 1 is 0.786 bits per heavy atom. The third-order valence-corrected chi connectivity index (χ3v) is 5.00. The lowest BCUT2D eigenvalue weighted by Gasteiger charge is -2.28. The number of amides is 1. The molecule has 4 rings (SSSR count). The molecular formula is C24H21NO3. The smallest absolute Gasteiger partial charge is 0.260 e. The number of fused-ring (bicyclic) bond motifs is 1. The molecule has 4 heteroatoms. The zero-order valence-electron chi connectivity index (χ0n) is 15.5. The summed E-state index contributed by atoms with van der Waals surface area (Å²) in [7, 11) is 0. The molecule has 0 atom stereocenters. The van der Waals surface area contributed by atoms with Crippen molar-refractivity contribution in [2.75, 3.05) is 13.2 Å². The highest BCUT2D eigenvalue weighted by molar-refractivity contribution is 6.08. The molecule has 0 N–H and O–H groups in total. The first-order valence-corrected chi connectivity index (χ1v) is 9.38. The van der Waals surface area contributed by atoms with E-state index in [1.807, 2.05) is 35.2 Å². The Labute approximate surface area is 164 Å². The summed E-state index contributed by atoms with van der Waals surface area (Å²) in [5.41, 5.74) is 3.76. The molecule has 1 heterocycles. The highest BCUT2D eigenvalue weighted by Crippen LogP contribution is 2.19. The molecule has 0 spiro atoms. The van der Waals surface area contributed by atoms with Crippen molar-refractivity contribution in [3.05, 3.63) is 101 Å². The van der Waals surface area contributed by atoms with Gasteiger partial charge in [0, 0.05) is 24.2 Å². The van der Waals surface area contributed by atoms with Crippen molar-refractivity contribution in [1.82, 2.24) is 4.90 Å². The average molecular weight is 371 g/mol. The second-order valence-electron chi connectivity index (χ2n) is 6.84. The lowest BCUT2D eigenvalue weighted by Crippen LogP contribution is -2.38. The van der Waals surface area contributed by atoms with Crippen molar-refractivity contribution < 1.29 is 14.3 Å². The first-order valence-electron chi connectivity index (χ1n) is 9.38. The van der Waals surface area contributed by atoms with E-state index < -0.39 is 0 Å². The van der Waals surface area contributed by atoms with E-state index in [9.17, 15) is 9.59 Å². The Hall–Kier alpha value is -3.40. The van der Waals surface area contributed by atoms with E-state index in [1.54, 1.807) is 36.4 Å². The number of rotatable bonds is 5. The Morgan fingerprint density at radius 3 is 2.18 bits per heavy atom. The molecule has 0 saturated carbocycles. The summed E-state index contributed by atoms with van der Waals surface area (Å²) in [6.45, 7) is 1.33. The Balaban J connectivity index is 1.34. The lowest BCUT2D eigenvalue weighted by molar-refractivity contribution is -0.134. The molecule has 0 aliphatic carbocycles. The summed E-state index contributed by atoms with van der Waals surface area (Å²) >= 11 is 0. The van der Waals surface area contributed by atoms with Crippen LogP contribution in [0, 0.1) is 0 Å². The van der Waals surface area contributed by atoms with Crippen LogP contribution in [0.25, 0.3) is 0 Å². The van der Waals surface area contributed by atoms with Gasteiger partial charge in [0.25, 0.3) is 5.91 Å². The fourth-order valence-electron chi connectivity index (χ4n) is 3.40. The predicted octanol–water partition coefficient (Wildman–Crippen LogP) is 3.88. The van der Waals surface area contributed by atoms with Crippen LogP contribution >= 0.6 is 0 Å². The van der Waals surface area contributed by atoms with Gasteiger partial charge in [-0.25, -0.2) is 0 Å². The van der Waals surface area contributed by atoms with Crippen LogP contribution in [0.15, 0.2) is 78.9 Å². The molecular weight excluding hydrogens is 350 g/mol. The number of ether oxygens (including phenoxy) is 1. The number of nitrogens with zero attached hydrogens (tertiary/aromatic N) is 1. The van der Waals surface area contributed by atoms with Crippen LogP contribution in [0.2, 0.25) is 0 Å². The Kier molecular flexibility index (Phi) is 5.20. The average Bonchev–Trinajstić information content (AvgIpc) is 2.77. The largest absolute Gasteiger partial charge is 0.484 e. The number of hydrogen-bond acceptors (Lipinski definition) is 3. The van der Waals surface area contributed by atoms with Gasteiger partial charge in [-0.1, -0.05) is 54.6 Å². The molecule has 1 aliphatic rings. The molecule has 0 fully saturated rings. The molecule has 3 aromatic rings. The second-order valence-corrected chi connectivity index (χ2v) is 6.84. The summed E-state index contributed by atoms with van der Waals surface area (Å²) in [6, 6.07) is 24.3. The van der Waals surface area contributed by atoms with Gasteiger partial charge >= 0.3 is 0 Å². The number of carbonyl (C=O) groups excluding carboxylic acids is 2. The van der Waals surface area contributed by atoms with E-state index in [2.05, 4.69) is 12.1 Å². The van der Waals surface area contributed by atoms with Gasteiger partial charge in [-0.15, -0.1) is 0 Å². The third kappa shape index (κ3) is 3.96. The molecule has 140 valence electrons. The van der Waals surface area contributed by atoms with Crippen molar-refractivity contribution >= 4 is 11.7 Å². The molecule has 0 unspecified atom stereocenters. The highest BCUT2D eigenvalue weighted by Gasteiger charge is 2.20. The minimum Gasteiger partial charge on any atom is -0.484 e. The molecule has 1 amide bonds. The maximum atomic E-state index is 12.5. The lowest BCUT2D eigenvalue weighted by atomic mass is 10.00. The zero-order valence-corrected chi connectivity index (χ0v) is 15.5. The van der Waals surface area contributed by atoms with E-state index >= 15 is 0 Å². The van der Waals surface area contributed by atoms with Gasteiger partial charge in [0.05, 0.1) is 0 Å². The quantitative estimate of drug-likeness (QED) is 0.640. The first kappa shape index (κ1) is 18.0. The number of benzene rings is 3. The maximum absolute atomic E-state index is 12.5. The van der Waals surface area contributed by atoms with Crippen molar-refractivity contribution in [2.24, 2.45) is 0 Å². The van der Waals surface area contributed by atoms with Crippen molar-refractivity contribution in [3.63, 3.8) is 0 Å². The fraction of sp³-hybridized carbons (Fsp3) is 0.167. The Morgan fingerprint density at radius 2 is 1.43 bits per heavy atom. The number of carbonyl (C=O) groups is 2. The Bertz CT molecular complexity index is 980. The van der Waals surface area contributed by atoms with Crippen molar-refractivity contribution in [3.8, 4) is 5.75 Å². The molecule has 4 nitrogen and oxygen atoms in total. The molecule has 0 radical (unpaired) electrons. The third-order valence-electron chi connectivity index (χ3n) is 5.00. The fourth-order valence-corrected chi connectivity index (χ4v) is 3.40. The minimum absolute atomic E-state index is 0.00581. The van der Waals surface area contributed by atoms with Gasteiger partial charge in [0.2, 0.25) is 0 Å². The summed E-state index contributed by atoms with van der Waals surface area (Å²) in [5.74, 6) is 0.518. The van der Waals surface area contributed by atoms with Gasteiger partial charge in [0.15, 0.2) is 12.4 Å². The number of ketones is 1. The van der Waals surface area contributed by atoms with Crippen molar-refractivity contribution in [1.29, 1.82) is 0 Å². The molecule has 3 aromatic carbocycles. The van der Waals surface area contributed by atoms with E-state index in [1.165, 1.54) is 11.1 Å². The highest BCUT2D eigenvalue weighted by atomic mass is 16.5. The minimum atomic E-state index is -0.0322. The van der Waals surface area contributed by atoms with Crippen LogP contribution < -0.4 is 4.74 Å². The van der Waals surface area contributed by atoms with Crippen LogP contribution in [0.5, 0.6) is 5.75 Å². The molecule has 0 aromatic heterocycles. The second kappa shape index (κ2) is 8.09. The van der Waals surface area contributed by atoms with E-state index in [-0.39, 0.29) is 18.3 Å². The summed E-state index contributed by atoms with van der Waals surface area (Å²) in [6.07, 6.45) is 0.873. The molecule has 28 heavy (non-hydrogen) atoms. The van der Waals surface area contributed by atoms with Crippen LogP contribution in [0.4, 0.5) is 0 Å². The van der Waals surface area contributed by atoms with Crippen LogP contribution in [0.3, 0.4) is 0 Å². The van der Waals surface area contributed by atoms with Gasteiger partial charge in [-0.05, 0) is 41.8 Å². The van der Waals surface area contributed by atoms with E-state index in [0.29, 0.717) is 30.0 Å². The molecule has 1 aliphatic heterocycles. The van der Waals surface area contributed by atoms with Crippen molar-refractivity contribution in [2.45, 2.75) is 13.0 Å². The van der Waals surface area contributed by atoms with E-state index in [0.717, 1.165) is 6.42 Å². The van der Waals surface area contributed by atoms with Crippen LogP contribution in [0.1, 0.15) is 27.0 Å². The van der Waals surface area contributed by atoms with Gasteiger partial charge in [-0.2, -0.15) is 0 Å². The summed E-state index contributed by atoms with van der Waals surface area (Å²) in [4.78, 5) is 26.7. The predicted molar refractivity (Wildman–Crippen MR) is 107 cm³/mol.